The van der Waals surface area contributed by atoms with E-state index in [1.807, 2.05) is 66.7 Å². The molecular formula is C29H24N2O3. The van der Waals surface area contributed by atoms with Crippen molar-refractivity contribution in [3.63, 3.8) is 0 Å². The average molecular weight is 449 g/mol. The highest BCUT2D eigenvalue weighted by molar-refractivity contribution is 5.84. The Morgan fingerprint density at radius 2 is 1.68 bits per heavy atom. The van der Waals surface area contributed by atoms with Crippen molar-refractivity contribution in [3.05, 3.63) is 102 Å². The van der Waals surface area contributed by atoms with Gasteiger partial charge in [-0.05, 0) is 57.3 Å². The lowest BCUT2D eigenvalue weighted by molar-refractivity contribution is -0.147. The minimum atomic E-state index is -0.710. The quantitative estimate of drug-likeness (QED) is 0.406. The fourth-order valence-electron chi connectivity index (χ4n) is 4.38. The summed E-state index contributed by atoms with van der Waals surface area (Å²) in [6.07, 6.45) is 0. The number of rotatable bonds is 7. The Morgan fingerprint density at radius 3 is 2.44 bits per heavy atom. The number of aliphatic carboxylic acids is 1. The maximum absolute atomic E-state index is 11.0. The molecule has 4 aromatic carbocycles. The largest absolute Gasteiger partial charge is 0.489 e. The Hall–Kier alpha value is -4.14. The summed E-state index contributed by atoms with van der Waals surface area (Å²) < 4.78 is 6.03. The predicted octanol–water partition coefficient (Wildman–Crippen LogP) is 5.47. The van der Waals surface area contributed by atoms with E-state index >= 15 is 0 Å². The normalized spacial score (nSPS) is 13.9. The second kappa shape index (κ2) is 9.38. The van der Waals surface area contributed by atoms with Crippen LogP contribution in [0.3, 0.4) is 0 Å². The standard InChI is InChI=1S/C29H24N2O3/c30-15-25-13-21(7-11-28(25)22-4-2-1-3-5-22)19-34-27-10-9-23-12-20(6-8-24(23)14-27)16-31-17-26(18-31)29(32)33/h1-14,26H,16-19H2,(H,32,33). The smallest absolute Gasteiger partial charge is 0.309 e. The third-order valence-electron chi connectivity index (χ3n) is 6.28. The number of ether oxygens (including phenoxy) is 1. The number of hydrogen-bond donors (Lipinski definition) is 1. The topological polar surface area (TPSA) is 73.6 Å². The second-order valence-corrected chi connectivity index (χ2v) is 8.72. The molecule has 168 valence electrons. The molecule has 0 amide bonds. The van der Waals surface area contributed by atoms with Crippen LogP contribution in [0.4, 0.5) is 0 Å². The van der Waals surface area contributed by atoms with E-state index in [1.54, 1.807) is 0 Å². The molecule has 0 saturated carbocycles. The van der Waals surface area contributed by atoms with Crippen LogP contribution < -0.4 is 4.74 Å². The predicted molar refractivity (Wildman–Crippen MR) is 131 cm³/mol. The van der Waals surface area contributed by atoms with Crippen LogP contribution in [0.1, 0.15) is 16.7 Å². The molecule has 0 atom stereocenters. The van der Waals surface area contributed by atoms with E-state index in [1.165, 1.54) is 5.56 Å². The molecule has 0 radical (unpaired) electrons. The molecule has 1 saturated heterocycles. The first-order valence-electron chi connectivity index (χ1n) is 11.3. The summed E-state index contributed by atoms with van der Waals surface area (Å²) in [7, 11) is 0. The van der Waals surface area contributed by atoms with Gasteiger partial charge in [0, 0.05) is 19.6 Å². The van der Waals surface area contributed by atoms with Crippen molar-refractivity contribution in [2.75, 3.05) is 13.1 Å². The summed E-state index contributed by atoms with van der Waals surface area (Å²) in [6, 6.07) is 30.4. The zero-order valence-corrected chi connectivity index (χ0v) is 18.6. The molecule has 0 aromatic heterocycles. The summed E-state index contributed by atoms with van der Waals surface area (Å²) in [6.45, 7) is 2.37. The molecule has 0 bridgehead atoms. The lowest BCUT2D eigenvalue weighted by atomic mass is 9.98. The number of hydrogen-bond acceptors (Lipinski definition) is 4. The first-order chi connectivity index (χ1) is 16.6. The van der Waals surface area contributed by atoms with Gasteiger partial charge in [-0.2, -0.15) is 5.26 Å². The van der Waals surface area contributed by atoms with Gasteiger partial charge in [0.2, 0.25) is 0 Å². The van der Waals surface area contributed by atoms with Crippen molar-refractivity contribution in [2.24, 2.45) is 5.92 Å². The monoisotopic (exact) mass is 448 g/mol. The van der Waals surface area contributed by atoms with Gasteiger partial charge in [0.05, 0.1) is 17.6 Å². The molecule has 0 aliphatic carbocycles. The average Bonchev–Trinajstić information content (AvgIpc) is 2.84. The van der Waals surface area contributed by atoms with Gasteiger partial charge < -0.3 is 9.84 Å². The number of nitriles is 1. The third kappa shape index (κ3) is 4.63. The van der Waals surface area contributed by atoms with Gasteiger partial charge in [0.15, 0.2) is 0 Å². The fraction of sp³-hybridized carbons (Fsp3) is 0.172. The van der Waals surface area contributed by atoms with E-state index in [4.69, 9.17) is 9.84 Å². The van der Waals surface area contributed by atoms with E-state index in [2.05, 4.69) is 29.2 Å². The summed E-state index contributed by atoms with van der Waals surface area (Å²) in [5, 5.41) is 20.9. The number of fused-ring (bicyclic) bond motifs is 1. The van der Waals surface area contributed by atoms with E-state index < -0.39 is 5.97 Å². The lowest BCUT2D eigenvalue weighted by Crippen LogP contribution is -2.49. The van der Waals surface area contributed by atoms with Gasteiger partial charge >= 0.3 is 5.97 Å². The Bertz CT molecular complexity index is 1390. The zero-order chi connectivity index (χ0) is 23.5. The molecule has 1 aliphatic rings. The van der Waals surface area contributed by atoms with Crippen LogP contribution in [-0.4, -0.2) is 29.1 Å². The van der Waals surface area contributed by atoms with Crippen LogP contribution in [-0.2, 0) is 17.9 Å². The van der Waals surface area contributed by atoms with Crippen LogP contribution in [0.25, 0.3) is 21.9 Å². The molecular weight excluding hydrogens is 424 g/mol. The SMILES string of the molecule is N#Cc1cc(COc2ccc3cc(CN4CC(C(=O)O)C4)ccc3c2)ccc1-c1ccccc1. The first-order valence-corrected chi connectivity index (χ1v) is 11.3. The van der Waals surface area contributed by atoms with E-state index in [-0.39, 0.29) is 5.92 Å². The van der Waals surface area contributed by atoms with Crippen molar-refractivity contribution in [2.45, 2.75) is 13.2 Å². The highest BCUT2D eigenvalue weighted by Gasteiger charge is 2.32. The molecule has 5 heteroatoms. The molecule has 1 aliphatic heterocycles. The number of carboxylic acids is 1. The van der Waals surface area contributed by atoms with Gasteiger partial charge in [0.1, 0.15) is 12.4 Å². The zero-order valence-electron chi connectivity index (χ0n) is 18.6. The van der Waals surface area contributed by atoms with Gasteiger partial charge in [-0.3, -0.25) is 9.69 Å². The number of carbonyl (C=O) groups is 1. The molecule has 5 nitrogen and oxygen atoms in total. The summed E-state index contributed by atoms with van der Waals surface area (Å²) in [5.41, 5.74) is 4.70. The van der Waals surface area contributed by atoms with Crippen LogP contribution >= 0.6 is 0 Å². The van der Waals surface area contributed by atoms with Gasteiger partial charge in [0.25, 0.3) is 0 Å². The molecule has 4 aromatic rings. The maximum Gasteiger partial charge on any atom is 0.309 e. The molecule has 1 fully saturated rings. The summed E-state index contributed by atoms with van der Waals surface area (Å²) in [5.74, 6) is -0.171. The van der Waals surface area contributed by atoms with Crippen molar-refractivity contribution in [1.29, 1.82) is 5.26 Å². The number of carboxylic acid groups (broad SMARTS) is 1. The number of likely N-dealkylation sites (tertiary alicyclic amines) is 1. The van der Waals surface area contributed by atoms with Crippen LogP contribution in [0, 0.1) is 17.2 Å². The van der Waals surface area contributed by atoms with Crippen LogP contribution in [0.5, 0.6) is 5.75 Å². The molecule has 34 heavy (non-hydrogen) atoms. The van der Waals surface area contributed by atoms with Gasteiger partial charge in [-0.15, -0.1) is 0 Å². The van der Waals surface area contributed by atoms with E-state index in [9.17, 15) is 10.1 Å². The molecule has 0 spiro atoms. The Kier molecular flexibility index (Phi) is 5.99. The van der Waals surface area contributed by atoms with Gasteiger partial charge in [-0.25, -0.2) is 0 Å². The maximum atomic E-state index is 11.0. The minimum Gasteiger partial charge on any atom is -0.489 e. The van der Waals surface area contributed by atoms with Crippen molar-refractivity contribution in [3.8, 4) is 22.9 Å². The lowest BCUT2D eigenvalue weighted by Gasteiger charge is -2.36. The highest BCUT2D eigenvalue weighted by atomic mass is 16.5. The van der Waals surface area contributed by atoms with E-state index in [0.29, 0.717) is 25.3 Å². The minimum absolute atomic E-state index is 0.237. The number of benzene rings is 4. The summed E-state index contributed by atoms with van der Waals surface area (Å²) >= 11 is 0. The van der Waals surface area contributed by atoms with Crippen LogP contribution in [0.15, 0.2) is 84.9 Å². The first kappa shape index (κ1) is 21.7. The van der Waals surface area contributed by atoms with Gasteiger partial charge in [-0.1, -0.05) is 60.7 Å². The third-order valence-corrected chi connectivity index (χ3v) is 6.28. The van der Waals surface area contributed by atoms with Crippen molar-refractivity contribution < 1.29 is 14.6 Å². The molecule has 1 heterocycles. The van der Waals surface area contributed by atoms with Crippen LogP contribution in [0.2, 0.25) is 0 Å². The molecule has 5 rings (SSSR count). The fourth-order valence-corrected chi connectivity index (χ4v) is 4.38. The Labute approximate surface area is 198 Å². The second-order valence-electron chi connectivity index (χ2n) is 8.72. The Balaban J connectivity index is 1.25. The van der Waals surface area contributed by atoms with E-state index in [0.717, 1.165) is 39.8 Å². The van der Waals surface area contributed by atoms with Crippen molar-refractivity contribution >= 4 is 16.7 Å². The summed E-state index contributed by atoms with van der Waals surface area (Å²) in [4.78, 5) is 13.1. The molecule has 1 N–H and O–H groups in total. The number of nitrogens with zero attached hydrogens (tertiary/aromatic N) is 2. The molecule has 0 unspecified atom stereocenters. The highest BCUT2D eigenvalue weighted by Crippen LogP contribution is 2.27. The Morgan fingerprint density at radius 1 is 0.941 bits per heavy atom. The van der Waals surface area contributed by atoms with Crippen molar-refractivity contribution in [1.82, 2.24) is 4.90 Å².